The monoisotopic (exact) mass is 293 g/mol. The predicted molar refractivity (Wildman–Crippen MR) is 85.4 cm³/mol. The maximum Gasteiger partial charge on any atom is 0.209 e. The molecule has 0 aliphatic rings. The van der Waals surface area contributed by atoms with Crippen LogP contribution in [-0.2, 0) is 0 Å². The van der Waals surface area contributed by atoms with Crippen LogP contribution in [0.1, 0.15) is 5.76 Å². The molecule has 0 atom stereocenters. The number of nitrogens with one attached hydrogen (secondary N) is 1. The van der Waals surface area contributed by atoms with E-state index in [1.54, 1.807) is 12.5 Å². The smallest absolute Gasteiger partial charge is 0.209 e. The van der Waals surface area contributed by atoms with E-state index in [1.165, 1.54) is 16.7 Å². The number of hydrogen-bond donors (Lipinski definition) is 1. The Hall–Kier alpha value is -2.66. The van der Waals surface area contributed by atoms with Crippen LogP contribution in [0.3, 0.4) is 0 Å². The average Bonchev–Trinajstić information content (AvgIpc) is 3.25. The predicted octanol–water partition coefficient (Wildman–Crippen LogP) is 4.64. The van der Waals surface area contributed by atoms with E-state index in [1.807, 2.05) is 35.8 Å². The van der Waals surface area contributed by atoms with Crippen molar-refractivity contribution in [3.63, 3.8) is 0 Å². The van der Waals surface area contributed by atoms with Crippen LogP contribution < -0.4 is 0 Å². The molecular weight excluding hydrogens is 282 g/mol. The number of aromatic nitrogens is 2. The van der Waals surface area contributed by atoms with Crippen LogP contribution >= 0.6 is 11.3 Å². The van der Waals surface area contributed by atoms with Gasteiger partial charge in [-0.1, -0.05) is 18.2 Å². The molecule has 0 spiro atoms. The molecule has 4 aromatic rings. The fraction of sp³-hybridized carbons (Fsp3) is 0. The molecule has 0 saturated heterocycles. The van der Waals surface area contributed by atoms with Crippen molar-refractivity contribution in [3.8, 4) is 11.3 Å². The third kappa shape index (κ3) is 2.28. The summed E-state index contributed by atoms with van der Waals surface area (Å²) >= 11 is 1.51. The molecule has 4 nitrogen and oxygen atoms in total. The first-order valence-corrected chi connectivity index (χ1v) is 7.38. The first-order valence-electron chi connectivity index (χ1n) is 6.50. The molecule has 0 amide bonds. The summed E-state index contributed by atoms with van der Waals surface area (Å²) in [6, 6.07) is 11.9. The lowest BCUT2D eigenvalue weighted by molar-refractivity contribution is 0.560. The molecular formula is C16H11N3OS. The van der Waals surface area contributed by atoms with Gasteiger partial charge in [0.15, 0.2) is 0 Å². The van der Waals surface area contributed by atoms with Gasteiger partial charge in [0.05, 0.1) is 18.2 Å². The van der Waals surface area contributed by atoms with E-state index in [0.29, 0.717) is 5.13 Å². The van der Waals surface area contributed by atoms with Crippen molar-refractivity contribution in [1.29, 1.82) is 0 Å². The maximum atomic E-state index is 5.21. The first-order chi connectivity index (χ1) is 10.4. The molecule has 1 aromatic carbocycles. The molecule has 0 bridgehead atoms. The molecule has 3 aromatic heterocycles. The zero-order valence-corrected chi connectivity index (χ0v) is 11.8. The van der Waals surface area contributed by atoms with Gasteiger partial charge in [-0.25, -0.2) is 9.98 Å². The summed E-state index contributed by atoms with van der Waals surface area (Å²) < 4.78 is 5.21. The summed E-state index contributed by atoms with van der Waals surface area (Å²) in [5.41, 5.74) is 3.14. The molecule has 0 radical (unpaired) electrons. The lowest BCUT2D eigenvalue weighted by Gasteiger charge is -1.92. The fourth-order valence-corrected chi connectivity index (χ4v) is 2.88. The summed E-state index contributed by atoms with van der Waals surface area (Å²) in [5, 5.41) is 3.90. The fourth-order valence-electron chi connectivity index (χ4n) is 2.21. The standard InChI is InChI=1S/C16H11N3OS/c1-2-6-14-12(5-1)13(9-17-14)15-10-21-16(19-15)18-8-11-4-3-7-20-11/h1-10,17H/b18-8+. The van der Waals surface area contributed by atoms with E-state index >= 15 is 0 Å². The van der Waals surface area contributed by atoms with E-state index in [4.69, 9.17) is 4.42 Å². The number of aromatic amines is 1. The molecule has 0 unspecified atom stereocenters. The third-order valence-corrected chi connectivity index (χ3v) is 3.95. The van der Waals surface area contributed by atoms with Gasteiger partial charge in [-0.15, -0.1) is 11.3 Å². The van der Waals surface area contributed by atoms with Gasteiger partial charge in [0.1, 0.15) is 5.76 Å². The molecule has 0 aliphatic heterocycles. The molecule has 5 heteroatoms. The van der Waals surface area contributed by atoms with Crippen molar-refractivity contribution in [2.24, 2.45) is 4.99 Å². The van der Waals surface area contributed by atoms with Gasteiger partial charge in [-0.05, 0) is 18.2 Å². The normalized spacial score (nSPS) is 11.6. The Morgan fingerprint density at radius 2 is 2.14 bits per heavy atom. The molecule has 3 heterocycles. The highest BCUT2D eigenvalue weighted by Crippen LogP contribution is 2.31. The highest BCUT2D eigenvalue weighted by atomic mass is 32.1. The van der Waals surface area contributed by atoms with Crippen LogP contribution in [0.15, 0.2) is 63.6 Å². The van der Waals surface area contributed by atoms with E-state index in [-0.39, 0.29) is 0 Å². The highest BCUT2D eigenvalue weighted by molar-refractivity contribution is 7.13. The van der Waals surface area contributed by atoms with Gasteiger partial charge in [0.25, 0.3) is 0 Å². The van der Waals surface area contributed by atoms with E-state index in [2.05, 4.69) is 27.1 Å². The molecule has 0 aliphatic carbocycles. The average molecular weight is 293 g/mol. The second-order valence-electron chi connectivity index (χ2n) is 4.54. The lowest BCUT2D eigenvalue weighted by Crippen LogP contribution is -1.75. The Bertz CT molecular complexity index is 903. The minimum Gasteiger partial charge on any atom is -0.463 e. The second-order valence-corrected chi connectivity index (χ2v) is 5.37. The van der Waals surface area contributed by atoms with Gasteiger partial charge in [0.2, 0.25) is 5.13 Å². The summed E-state index contributed by atoms with van der Waals surface area (Å²) in [5.74, 6) is 0.721. The van der Waals surface area contributed by atoms with Gasteiger partial charge < -0.3 is 9.40 Å². The molecule has 0 fully saturated rings. The topological polar surface area (TPSA) is 54.2 Å². The number of fused-ring (bicyclic) bond motifs is 1. The van der Waals surface area contributed by atoms with Crippen LogP contribution in [0.5, 0.6) is 0 Å². The van der Waals surface area contributed by atoms with Crippen LogP contribution in [0.2, 0.25) is 0 Å². The van der Waals surface area contributed by atoms with Crippen LogP contribution in [-0.4, -0.2) is 16.2 Å². The Balaban J connectivity index is 1.68. The molecule has 1 N–H and O–H groups in total. The zero-order chi connectivity index (χ0) is 14.1. The molecule has 102 valence electrons. The third-order valence-electron chi connectivity index (χ3n) is 3.20. The molecule has 4 rings (SSSR count). The van der Waals surface area contributed by atoms with Crippen molar-refractivity contribution in [1.82, 2.24) is 9.97 Å². The number of rotatable bonds is 3. The number of thiazole rings is 1. The minimum absolute atomic E-state index is 0.715. The Labute approximate surface area is 124 Å². The second kappa shape index (κ2) is 5.03. The Morgan fingerprint density at radius 1 is 1.19 bits per heavy atom. The summed E-state index contributed by atoms with van der Waals surface area (Å²) in [6.07, 6.45) is 5.29. The van der Waals surface area contributed by atoms with Gasteiger partial charge in [-0.2, -0.15) is 0 Å². The maximum absolute atomic E-state index is 5.21. The number of benzene rings is 1. The van der Waals surface area contributed by atoms with Crippen molar-refractivity contribution >= 4 is 33.6 Å². The number of aliphatic imine (C=N–C) groups is 1. The zero-order valence-electron chi connectivity index (χ0n) is 11.0. The van der Waals surface area contributed by atoms with Crippen LogP contribution in [0, 0.1) is 0 Å². The van der Waals surface area contributed by atoms with Gasteiger partial charge >= 0.3 is 0 Å². The number of hydrogen-bond acceptors (Lipinski definition) is 4. The van der Waals surface area contributed by atoms with Crippen LogP contribution in [0.25, 0.3) is 22.2 Å². The van der Waals surface area contributed by atoms with E-state index < -0.39 is 0 Å². The van der Waals surface area contributed by atoms with E-state index in [9.17, 15) is 0 Å². The molecule has 21 heavy (non-hydrogen) atoms. The number of furan rings is 1. The van der Waals surface area contributed by atoms with Crippen LogP contribution in [0.4, 0.5) is 5.13 Å². The number of H-pyrrole nitrogens is 1. The molecule has 0 saturated carbocycles. The number of para-hydroxylation sites is 1. The number of nitrogens with zero attached hydrogens (tertiary/aromatic N) is 2. The largest absolute Gasteiger partial charge is 0.463 e. The Kier molecular flexibility index (Phi) is 2.90. The van der Waals surface area contributed by atoms with Crippen molar-refractivity contribution < 1.29 is 4.42 Å². The summed E-state index contributed by atoms with van der Waals surface area (Å²) in [7, 11) is 0. The first kappa shape index (κ1) is 12.1. The lowest BCUT2D eigenvalue weighted by atomic mass is 10.1. The van der Waals surface area contributed by atoms with Crippen molar-refractivity contribution in [2.75, 3.05) is 0 Å². The van der Waals surface area contributed by atoms with Crippen molar-refractivity contribution in [2.45, 2.75) is 0 Å². The highest BCUT2D eigenvalue weighted by Gasteiger charge is 2.09. The summed E-state index contributed by atoms with van der Waals surface area (Å²) in [6.45, 7) is 0. The van der Waals surface area contributed by atoms with Crippen molar-refractivity contribution in [3.05, 3.63) is 60.0 Å². The van der Waals surface area contributed by atoms with Gasteiger partial charge in [-0.3, -0.25) is 0 Å². The van der Waals surface area contributed by atoms with E-state index in [0.717, 1.165) is 22.5 Å². The summed E-state index contributed by atoms with van der Waals surface area (Å²) in [4.78, 5) is 12.2. The quantitative estimate of drug-likeness (QED) is 0.560. The SMILES string of the molecule is C(=N\c1nc(-c2c[nH]c3ccccc23)cs1)/c1ccco1. The Morgan fingerprint density at radius 3 is 3.05 bits per heavy atom. The van der Waals surface area contributed by atoms with Gasteiger partial charge in [0, 0.05) is 28.0 Å². The minimum atomic E-state index is 0.715.